The first-order chi connectivity index (χ1) is 6.67. The van der Waals surface area contributed by atoms with Gasteiger partial charge in [-0.15, -0.1) is 0 Å². The SMILES string of the molecule is COc1ccc(CC(C)C#N)c(C)c1. The van der Waals surface area contributed by atoms with Crippen molar-refractivity contribution in [1.29, 1.82) is 5.26 Å². The summed E-state index contributed by atoms with van der Waals surface area (Å²) in [6.07, 6.45) is 0.812. The molecule has 1 aromatic rings. The number of nitrogens with zero attached hydrogens (tertiary/aromatic N) is 1. The first-order valence-corrected chi connectivity index (χ1v) is 4.70. The molecule has 0 aliphatic heterocycles. The molecule has 0 saturated carbocycles. The van der Waals surface area contributed by atoms with E-state index in [0.717, 1.165) is 12.2 Å². The summed E-state index contributed by atoms with van der Waals surface area (Å²) in [5.41, 5.74) is 2.41. The minimum Gasteiger partial charge on any atom is -0.497 e. The summed E-state index contributed by atoms with van der Waals surface area (Å²) in [7, 11) is 1.66. The number of ether oxygens (including phenoxy) is 1. The van der Waals surface area contributed by atoms with Crippen LogP contribution in [0.25, 0.3) is 0 Å². The van der Waals surface area contributed by atoms with E-state index in [2.05, 4.69) is 6.07 Å². The van der Waals surface area contributed by atoms with Gasteiger partial charge in [0.05, 0.1) is 13.2 Å². The molecule has 14 heavy (non-hydrogen) atoms. The zero-order valence-electron chi connectivity index (χ0n) is 8.87. The number of benzene rings is 1. The predicted octanol–water partition coefficient (Wildman–Crippen LogP) is 2.71. The molecule has 0 spiro atoms. The Morgan fingerprint density at radius 1 is 1.50 bits per heavy atom. The first kappa shape index (κ1) is 10.6. The van der Waals surface area contributed by atoms with Crippen LogP contribution in [-0.4, -0.2) is 7.11 Å². The third kappa shape index (κ3) is 2.50. The highest BCUT2D eigenvalue weighted by atomic mass is 16.5. The summed E-state index contributed by atoms with van der Waals surface area (Å²) >= 11 is 0. The summed E-state index contributed by atoms with van der Waals surface area (Å²) in [6, 6.07) is 8.20. The van der Waals surface area contributed by atoms with Gasteiger partial charge in [0.25, 0.3) is 0 Å². The molecule has 1 aromatic carbocycles. The monoisotopic (exact) mass is 189 g/mol. The normalized spacial score (nSPS) is 11.9. The second-order valence-corrected chi connectivity index (χ2v) is 3.53. The van der Waals surface area contributed by atoms with E-state index in [-0.39, 0.29) is 5.92 Å². The molecule has 0 saturated heterocycles. The lowest BCUT2D eigenvalue weighted by molar-refractivity contribution is 0.414. The Balaban J connectivity index is 2.85. The topological polar surface area (TPSA) is 33.0 Å². The largest absolute Gasteiger partial charge is 0.497 e. The molecule has 0 heterocycles. The van der Waals surface area contributed by atoms with Crippen molar-refractivity contribution in [3.8, 4) is 11.8 Å². The maximum atomic E-state index is 8.71. The van der Waals surface area contributed by atoms with Crippen LogP contribution in [0.3, 0.4) is 0 Å². The van der Waals surface area contributed by atoms with Crippen molar-refractivity contribution >= 4 is 0 Å². The van der Waals surface area contributed by atoms with Crippen molar-refractivity contribution in [2.24, 2.45) is 5.92 Å². The van der Waals surface area contributed by atoms with Crippen LogP contribution < -0.4 is 4.74 Å². The lowest BCUT2D eigenvalue weighted by Crippen LogP contribution is -1.98. The molecule has 0 aliphatic rings. The number of hydrogen-bond acceptors (Lipinski definition) is 2. The van der Waals surface area contributed by atoms with Crippen molar-refractivity contribution in [3.05, 3.63) is 29.3 Å². The Kier molecular flexibility index (Phi) is 3.53. The van der Waals surface area contributed by atoms with Crippen LogP contribution in [0.4, 0.5) is 0 Å². The van der Waals surface area contributed by atoms with E-state index in [9.17, 15) is 0 Å². The Labute approximate surface area is 85.1 Å². The Morgan fingerprint density at radius 2 is 2.21 bits per heavy atom. The van der Waals surface area contributed by atoms with Crippen LogP contribution >= 0.6 is 0 Å². The molecule has 74 valence electrons. The molecule has 0 aromatic heterocycles. The Bertz CT molecular complexity index is 352. The quantitative estimate of drug-likeness (QED) is 0.732. The second kappa shape index (κ2) is 4.66. The van der Waals surface area contributed by atoms with E-state index in [1.54, 1.807) is 7.11 Å². The van der Waals surface area contributed by atoms with Gasteiger partial charge in [0, 0.05) is 5.92 Å². The summed E-state index contributed by atoms with van der Waals surface area (Å²) in [5.74, 6) is 0.943. The fourth-order valence-electron chi connectivity index (χ4n) is 1.40. The number of rotatable bonds is 3. The maximum absolute atomic E-state index is 8.71. The van der Waals surface area contributed by atoms with Crippen LogP contribution in [0.5, 0.6) is 5.75 Å². The van der Waals surface area contributed by atoms with Crippen LogP contribution in [0.1, 0.15) is 18.1 Å². The standard InChI is InChI=1S/C12H15NO/c1-9(8-13)6-11-4-5-12(14-3)7-10(11)2/h4-5,7,9H,6H2,1-3H3. The number of methoxy groups -OCH3 is 1. The van der Waals surface area contributed by atoms with Gasteiger partial charge in [-0.3, -0.25) is 0 Å². The van der Waals surface area contributed by atoms with E-state index in [0.29, 0.717) is 0 Å². The Morgan fingerprint density at radius 3 is 2.71 bits per heavy atom. The van der Waals surface area contributed by atoms with Gasteiger partial charge in [-0.2, -0.15) is 5.26 Å². The summed E-state index contributed by atoms with van der Waals surface area (Å²) in [4.78, 5) is 0. The lowest BCUT2D eigenvalue weighted by Gasteiger charge is -2.08. The minimum atomic E-state index is 0.0714. The van der Waals surface area contributed by atoms with E-state index >= 15 is 0 Å². The van der Waals surface area contributed by atoms with Gasteiger partial charge in [-0.05, 0) is 43.5 Å². The predicted molar refractivity (Wildman–Crippen MR) is 56.2 cm³/mol. The molecule has 0 bridgehead atoms. The third-order valence-corrected chi connectivity index (χ3v) is 2.30. The Hall–Kier alpha value is -1.49. The van der Waals surface area contributed by atoms with Gasteiger partial charge >= 0.3 is 0 Å². The zero-order chi connectivity index (χ0) is 10.6. The van der Waals surface area contributed by atoms with Crippen LogP contribution in [0.15, 0.2) is 18.2 Å². The highest BCUT2D eigenvalue weighted by Crippen LogP contribution is 2.19. The molecular formula is C12H15NO. The number of hydrogen-bond donors (Lipinski definition) is 0. The highest BCUT2D eigenvalue weighted by Gasteiger charge is 2.05. The zero-order valence-corrected chi connectivity index (χ0v) is 8.87. The van der Waals surface area contributed by atoms with Gasteiger partial charge in [0.1, 0.15) is 5.75 Å². The minimum absolute atomic E-state index is 0.0714. The molecule has 2 nitrogen and oxygen atoms in total. The fraction of sp³-hybridized carbons (Fsp3) is 0.417. The molecule has 1 unspecified atom stereocenters. The molecule has 0 amide bonds. The first-order valence-electron chi connectivity index (χ1n) is 4.70. The van der Waals surface area contributed by atoms with Crippen LogP contribution in [-0.2, 0) is 6.42 Å². The van der Waals surface area contributed by atoms with Gasteiger partial charge < -0.3 is 4.74 Å². The molecule has 1 atom stereocenters. The molecule has 0 fully saturated rings. The molecule has 1 rings (SSSR count). The van der Waals surface area contributed by atoms with Crippen LogP contribution in [0, 0.1) is 24.2 Å². The lowest BCUT2D eigenvalue weighted by atomic mass is 9.98. The summed E-state index contributed by atoms with van der Waals surface area (Å²) in [5, 5.41) is 8.71. The molecule has 0 radical (unpaired) electrons. The molecule has 2 heteroatoms. The molecule has 0 aliphatic carbocycles. The molecular weight excluding hydrogens is 174 g/mol. The van der Waals surface area contributed by atoms with E-state index in [4.69, 9.17) is 10.00 Å². The second-order valence-electron chi connectivity index (χ2n) is 3.53. The number of aryl methyl sites for hydroxylation is 1. The smallest absolute Gasteiger partial charge is 0.119 e. The van der Waals surface area contributed by atoms with Crippen molar-refractivity contribution in [3.63, 3.8) is 0 Å². The maximum Gasteiger partial charge on any atom is 0.119 e. The van der Waals surface area contributed by atoms with Gasteiger partial charge in [0.2, 0.25) is 0 Å². The fourth-order valence-corrected chi connectivity index (χ4v) is 1.40. The molecule has 0 N–H and O–H groups in total. The number of nitriles is 1. The van der Waals surface area contributed by atoms with Gasteiger partial charge in [-0.1, -0.05) is 6.07 Å². The van der Waals surface area contributed by atoms with E-state index in [1.807, 2.05) is 32.0 Å². The average molecular weight is 189 g/mol. The van der Waals surface area contributed by atoms with Crippen LogP contribution in [0.2, 0.25) is 0 Å². The van der Waals surface area contributed by atoms with Crippen molar-refractivity contribution in [1.82, 2.24) is 0 Å². The van der Waals surface area contributed by atoms with Gasteiger partial charge in [0.15, 0.2) is 0 Å². The van der Waals surface area contributed by atoms with Crippen molar-refractivity contribution in [2.45, 2.75) is 20.3 Å². The van der Waals surface area contributed by atoms with E-state index in [1.165, 1.54) is 11.1 Å². The highest BCUT2D eigenvalue weighted by molar-refractivity contribution is 5.35. The summed E-state index contributed by atoms with van der Waals surface area (Å²) in [6.45, 7) is 3.98. The van der Waals surface area contributed by atoms with Crippen molar-refractivity contribution < 1.29 is 4.74 Å². The third-order valence-electron chi connectivity index (χ3n) is 2.30. The van der Waals surface area contributed by atoms with Crippen molar-refractivity contribution in [2.75, 3.05) is 7.11 Å². The van der Waals surface area contributed by atoms with E-state index < -0.39 is 0 Å². The summed E-state index contributed by atoms with van der Waals surface area (Å²) < 4.78 is 5.12. The average Bonchev–Trinajstić information content (AvgIpc) is 2.20. The van der Waals surface area contributed by atoms with Gasteiger partial charge in [-0.25, -0.2) is 0 Å².